The molecule has 2 aromatic heterocycles. The van der Waals surface area contributed by atoms with E-state index >= 15 is 0 Å². The normalized spacial score (nSPS) is 22.2. The predicted octanol–water partition coefficient (Wildman–Crippen LogP) is 4.09. The van der Waals surface area contributed by atoms with Gasteiger partial charge in [-0.25, -0.2) is 14.6 Å². The first-order valence-electron chi connectivity index (χ1n) is 15.7. The van der Waals surface area contributed by atoms with Gasteiger partial charge in [0, 0.05) is 35.6 Å². The molecule has 7 rings (SSSR count). The van der Waals surface area contributed by atoms with E-state index in [2.05, 4.69) is 11.8 Å². The van der Waals surface area contributed by atoms with Crippen LogP contribution >= 0.6 is 0 Å². The molecule has 10 nitrogen and oxygen atoms in total. The Balaban J connectivity index is 1.16. The van der Waals surface area contributed by atoms with Gasteiger partial charge in [0.25, 0.3) is 5.56 Å². The molecule has 0 saturated carbocycles. The number of aromatic nitrogens is 2. The highest BCUT2D eigenvalue weighted by Crippen LogP contribution is 2.40. The molecule has 1 atom stereocenters. The van der Waals surface area contributed by atoms with Gasteiger partial charge in [0.15, 0.2) is 5.60 Å². The van der Waals surface area contributed by atoms with Crippen molar-refractivity contribution in [2.75, 3.05) is 26.2 Å². The van der Waals surface area contributed by atoms with Crippen molar-refractivity contribution < 1.29 is 24.2 Å². The largest absolute Gasteiger partial charge is 0.458 e. The monoisotopic (exact) mass is 586 g/mol. The van der Waals surface area contributed by atoms with E-state index in [0.29, 0.717) is 60.4 Å². The molecule has 3 aromatic rings. The summed E-state index contributed by atoms with van der Waals surface area (Å²) in [6.45, 7) is 7.65. The molecule has 1 N–H and O–H groups in total. The second kappa shape index (κ2) is 10.7. The third-order valence-corrected chi connectivity index (χ3v) is 9.97. The Hall–Kier alpha value is -3.76. The van der Waals surface area contributed by atoms with E-state index in [9.17, 15) is 19.5 Å². The maximum absolute atomic E-state index is 13.6. The number of likely N-dealkylation sites (tertiary alicyclic amines) is 2. The topological polar surface area (TPSA) is 114 Å². The minimum atomic E-state index is -1.86. The summed E-state index contributed by atoms with van der Waals surface area (Å²) < 4.78 is 12.7. The van der Waals surface area contributed by atoms with Gasteiger partial charge in [-0.15, -0.1) is 0 Å². The Morgan fingerprint density at radius 2 is 1.84 bits per heavy atom. The average molecular weight is 587 g/mol. The molecule has 0 bridgehead atoms. The Kier molecular flexibility index (Phi) is 7.01. The molecule has 0 aliphatic carbocycles. The van der Waals surface area contributed by atoms with Crippen molar-refractivity contribution >= 4 is 23.0 Å². The highest BCUT2D eigenvalue weighted by molar-refractivity contribution is 5.90. The van der Waals surface area contributed by atoms with Crippen LogP contribution in [-0.2, 0) is 34.7 Å². The van der Waals surface area contributed by atoms with Crippen molar-refractivity contribution in [1.82, 2.24) is 19.4 Å². The predicted molar refractivity (Wildman–Crippen MR) is 160 cm³/mol. The summed E-state index contributed by atoms with van der Waals surface area (Å²) in [5.41, 5.74) is 2.38. The van der Waals surface area contributed by atoms with Gasteiger partial charge in [-0.2, -0.15) is 0 Å². The van der Waals surface area contributed by atoms with E-state index in [1.54, 1.807) is 23.6 Å². The zero-order valence-electron chi connectivity index (χ0n) is 24.9. The van der Waals surface area contributed by atoms with Crippen LogP contribution in [0.4, 0.5) is 4.79 Å². The zero-order valence-corrected chi connectivity index (χ0v) is 24.9. The number of rotatable bonds is 4. The van der Waals surface area contributed by atoms with Crippen LogP contribution in [0.3, 0.4) is 0 Å². The summed E-state index contributed by atoms with van der Waals surface area (Å²) in [5, 5.41) is 12.0. The zero-order chi connectivity index (χ0) is 29.9. The van der Waals surface area contributed by atoms with Gasteiger partial charge in [-0.1, -0.05) is 20.3 Å². The Morgan fingerprint density at radius 3 is 2.56 bits per heavy atom. The number of aryl methyl sites for hydroxylation is 1. The van der Waals surface area contributed by atoms with Crippen molar-refractivity contribution in [2.45, 2.75) is 83.6 Å². The van der Waals surface area contributed by atoms with Crippen LogP contribution < -0.4 is 10.3 Å². The number of ether oxygens (including phenoxy) is 2. The number of piperidine rings is 2. The summed E-state index contributed by atoms with van der Waals surface area (Å²) in [6, 6.07) is 7.77. The number of cyclic esters (lactones) is 1. The molecular formula is C33H38N4O6. The summed E-state index contributed by atoms with van der Waals surface area (Å²) in [7, 11) is 0. The number of benzene rings is 1. The number of esters is 1. The minimum Gasteiger partial charge on any atom is -0.458 e. The highest BCUT2D eigenvalue weighted by atomic mass is 16.6. The van der Waals surface area contributed by atoms with Crippen LogP contribution in [0, 0.1) is 0 Å². The number of nitrogens with zero attached hydrogens (tertiary/aromatic N) is 4. The Bertz CT molecular complexity index is 1690. The standard InChI is InChI=1S/C33H38N4O6/c1-3-22-23-16-21(43-32(40)36-14-10-20(11-15-36)35-12-6-5-7-13-35)8-9-27(23)34-29-24(22)18-37-28(29)17-26-25(30(37)38)19-42-31(39)33(26,41)4-2/h8-9,16-17,20,41H,3-7,10-15,18-19H2,1-2H3/t33-/m1/s1. The number of amides is 1. The Labute approximate surface area is 250 Å². The lowest BCUT2D eigenvalue weighted by molar-refractivity contribution is -0.172. The van der Waals surface area contributed by atoms with Gasteiger partial charge in [-0.3, -0.25) is 4.79 Å². The van der Waals surface area contributed by atoms with E-state index in [4.69, 9.17) is 14.5 Å². The molecule has 226 valence electrons. The van der Waals surface area contributed by atoms with Gasteiger partial charge < -0.3 is 28.9 Å². The fourth-order valence-corrected chi connectivity index (χ4v) is 7.47. The third kappa shape index (κ3) is 4.53. The van der Waals surface area contributed by atoms with Crippen LogP contribution in [0.5, 0.6) is 5.75 Å². The molecule has 2 fully saturated rings. The molecule has 2 saturated heterocycles. The minimum absolute atomic E-state index is 0.0951. The van der Waals surface area contributed by atoms with Gasteiger partial charge in [0.05, 0.1) is 29.0 Å². The van der Waals surface area contributed by atoms with Crippen molar-refractivity contribution in [3.63, 3.8) is 0 Å². The van der Waals surface area contributed by atoms with Crippen LogP contribution in [-0.4, -0.2) is 68.7 Å². The molecule has 0 radical (unpaired) electrons. The number of carbonyl (C=O) groups excluding carboxylic acids is 2. The quantitative estimate of drug-likeness (QED) is 0.356. The van der Waals surface area contributed by atoms with Crippen LogP contribution in [0.15, 0.2) is 29.1 Å². The van der Waals surface area contributed by atoms with Gasteiger partial charge in [-0.05, 0) is 81.4 Å². The molecule has 1 aromatic carbocycles. The van der Waals surface area contributed by atoms with Crippen molar-refractivity contribution in [3.8, 4) is 17.1 Å². The van der Waals surface area contributed by atoms with Crippen LogP contribution in [0.2, 0.25) is 0 Å². The highest BCUT2D eigenvalue weighted by Gasteiger charge is 2.45. The number of hydrogen-bond donors (Lipinski definition) is 1. The first-order valence-corrected chi connectivity index (χ1v) is 15.7. The maximum Gasteiger partial charge on any atom is 0.415 e. The molecule has 0 spiro atoms. The second-order valence-electron chi connectivity index (χ2n) is 12.2. The number of pyridine rings is 2. The SMILES string of the molecule is CCc1c2c(nc3ccc(OC(=O)N4CCC(N5CCCCC5)CC4)cc13)-c1cc3c(c(=O)n1C2)COC(=O)[C@@]3(O)CC. The number of carbonyl (C=O) groups is 2. The molecule has 6 heterocycles. The summed E-state index contributed by atoms with van der Waals surface area (Å²) in [6.07, 6.45) is 6.26. The molecule has 4 aliphatic rings. The smallest absolute Gasteiger partial charge is 0.415 e. The van der Waals surface area contributed by atoms with Crippen LogP contribution in [0.25, 0.3) is 22.3 Å². The maximum atomic E-state index is 13.6. The van der Waals surface area contributed by atoms with E-state index < -0.39 is 11.6 Å². The number of aliphatic hydroxyl groups is 1. The lowest BCUT2D eigenvalue weighted by Crippen LogP contribution is -2.48. The molecule has 43 heavy (non-hydrogen) atoms. The molecule has 0 unspecified atom stereocenters. The molecule has 4 aliphatic heterocycles. The molecule has 10 heteroatoms. The van der Waals surface area contributed by atoms with Crippen LogP contribution in [0.1, 0.15) is 74.6 Å². The van der Waals surface area contributed by atoms with Gasteiger partial charge >= 0.3 is 12.1 Å². The number of hydrogen-bond acceptors (Lipinski definition) is 8. The lowest BCUT2D eigenvalue weighted by Gasteiger charge is -2.39. The Morgan fingerprint density at radius 1 is 1.07 bits per heavy atom. The van der Waals surface area contributed by atoms with E-state index in [-0.39, 0.29) is 24.7 Å². The summed E-state index contributed by atoms with van der Waals surface area (Å²) >= 11 is 0. The first-order chi connectivity index (χ1) is 20.8. The fraction of sp³-hybridized carbons (Fsp3) is 0.515. The first kappa shape index (κ1) is 28.0. The van der Waals surface area contributed by atoms with Crippen molar-refractivity contribution in [3.05, 3.63) is 56.9 Å². The van der Waals surface area contributed by atoms with E-state index in [0.717, 1.165) is 34.9 Å². The van der Waals surface area contributed by atoms with Crippen molar-refractivity contribution in [2.24, 2.45) is 0 Å². The van der Waals surface area contributed by atoms with Gasteiger partial charge in [0.2, 0.25) is 0 Å². The second-order valence-corrected chi connectivity index (χ2v) is 12.2. The van der Waals surface area contributed by atoms with Crippen molar-refractivity contribution in [1.29, 1.82) is 0 Å². The van der Waals surface area contributed by atoms with E-state index in [1.165, 1.54) is 32.4 Å². The van der Waals surface area contributed by atoms with Gasteiger partial charge in [0.1, 0.15) is 12.4 Å². The molecule has 1 amide bonds. The fourth-order valence-electron chi connectivity index (χ4n) is 7.47. The lowest BCUT2D eigenvalue weighted by atomic mass is 9.86. The average Bonchev–Trinajstić information content (AvgIpc) is 3.41. The summed E-state index contributed by atoms with van der Waals surface area (Å²) in [5.74, 6) is -0.266. The third-order valence-electron chi connectivity index (χ3n) is 9.97. The van der Waals surface area contributed by atoms with E-state index in [1.807, 2.05) is 17.0 Å². The summed E-state index contributed by atoms with van der Waals surface area (Å²) in [4.78, 5) is 48.5. The molecular weight excluding hydrogens is 548 g/mol. The number of fused-ring (bicyclic) bond motifs is 5.